The zero-order chi connectivity index (χ0) is 10.1. The van der Waals surface area contributed by atoms with Crippen molar-refractivity contribution in [2.75, 3.05) is 7.11 Å². The largest absolute Gasteiger partial charge is 0.497 e. The Balaban J connectivity index is 2.40. The molecule has 0 N–H and O–H groups in total. The molecule has 0 radical (unpaired) electrons. The van der Waals surface area contributed by atoms with Crippen LogP contribution in [0.5, 0.6) is 0 Å². The fraction of sp³-hybridized carbons (Fsp3) is 0.300. The van der Waals surface area contributed by atoms with Crippen molar-refractivity contribution in [3.8, 4) is 0 Å². The SMILES string of the molecule is COC1=CC2=NC(C)=NC(=S)C2C=C1. The number of allylic oxidation sites excluding steroid dienone is 2. The average molecular weight is 206 g/mol. The molecule has 1 heterocycles. The van der Waals surface area contributed by atoms with Crippen LogP contribution in [0.15, 0.2) is 34.0 Å². The molecule has 0 aromatic rings. The summed E-state index contributed by atoms with van der Waals surface area (Å²) in [4.78, 5) is 9.16. The molecule has 1 aliphatic heterocycles. The van der Waals surface area contributed by atoms with Crippen LogP contribution in [0.3, 0.4) is 0 Å². The van der Waals surface area contributed by atoms with E-state index in [1.165, 1.54) is 0 Å². The summed E-state index contributed by atoms with van der Waals surface area (Å²) in [6, 6.07) is 0. The van der Waals surface area contributed by atoms with Crippen LogP contribution in [0, 0.1) is 5.92 Å². The first-order valence-electron chi connectivity index (χ1n) is 4.32. The van der Waals surface area contributed by atoms with Crippen LogP contribution in [0.2, 0.25) is 0 Å². The Labute approximate surface area is 87.9 Å². The Morgan fingerprint density at radius 3 is 2.93 bits per heavy atom. The molecule has 0 amide bonds. The molecular formula is C10H10N2OS. The average Bonchev–Trinajstić information content (AvgIpc) is 2.16. The second-order valence-electron chi connectivity index (χ2n) is 3.12. The molecular weight excluding hydrogens is 196 g/mol. The Morgan fingerprint density at radius 1 is 1.43 bits per heavy atom. The van der Waals surface area contributed by atoms with E-state index in [1.54, 1.807) is 7.11 Å². The molecule has 2 rings (SSSR count). The number of thiocarbonyl (C=S) groups is 1. The maximum atomic E-state index is 5.17. The monoisotopic (exact) mass is 206 g/mol. The normalized spacial score (nSPS) is 24.9. The molecule has 0 saturated carbocycles. The molecule has 3 nitrogen and oxygen atoms in total. The van der Waals surface area contributed by atoms with Crippen molar-refractivity contribution in [2.24, 2.45) is 15.9 Å². The van der Waals surface area contributed by atoms with Crippen LogP contribution in [0.4, 0.5) is 0 Å². The van der Waals surface area contributed by atoms with Gasteiger partial charge in [-0.1, -0.05) is 18.3 Å². The van der Waals surface area contributed by atoms with E-state index in [1.807, 2.05) is 25.2 Å². The Morgan fingerprint density at radius 2 is 2.21 bits per heavy atom. The van der Waals surface area contributed by atoms with Crippen LogP contribution in [0.1, 0.15) is 6.92 Å². The van der Waals surface area contributed by atoms with Crippen molar-refractivity contribution in [1.82, 2.24) is 0 Å². The zero-order valence-electron chi connectivity index (χ0n) is 8.02. The number of hydrogen-bond acceptors (Lipinski definition) is 3. The molecule has 0 bridgehead atoms. The van der Waals surface area contributed by atoms with Gasteiger partial charge in [0.05, 0.1) is 18.7 Å². The number of nitrogens with zero attached hydrogens (tertiary/aromatic N) is 2. The number of rotatable bonds is 1. The smallest absolute Gasteiger partial charge is 0.126 e. The molecule has 0 spiro atoms. The third-order valence-corrected chi connectivity index (χ3v) is 2.47. The first kappa shape index (κ1) is 9.27. The Kier molecular flexibility index (Phi) is 2.29. The third kappa shape index (κ3) is 1.53. The summed E-state index contributed by atoms with van der Waals surface area (Å²) in [5, 5.41) is 0. The van der Waals surface area contributed by atoms with Gasteiger partial charge in [-0.3, -0.25) is 0 Å². The summed E-state index contributed by atoms with van der Waals surface area (Å²) >= 11 is 5.17. The van der Waals surface area contributed by atoms with E-state index in [-0.39, 0.29) is 5.92 Å². The van der Waals surface area contributed by atoms with Gasteiger partial charge in [0.2, 0.25) is 0 Å². The first-order chi connectivity index (χ1) is 6.70. The molecule has 0 fully saturated rings. The molecule has 14 heavy (non-hydrogen) atoms. The van der Waals surface area contributed by atoms with Gasteiger partial charge in [0.1, 0.15) is 16.6 Å². The number of ether oxygens (including phenoxy) is 1. The van der Waals surface area contributed by atoms with Crippen molar-refractivity contribution >= 4 is 28.8 Å². The summed E-state index contributed by atoms with van der Waals surface area (Å²) in [5.74, 6) is 1.56. The number of aliphatic imine (C=N–C) groups is 2. The van der Waals surface area contributed by atoms with Crippen LogP contribution < -0.4 is 0 Å². The lowest BCUT2D eigenvalue weighted by atomic mass is 9.96. The van der Waals surface area contributed by atoms with Gasteiger partial charge < -0.3 is 4.74 Å². The van der Waals surface area contributed by atoms with E-state index in [2.05, 4.69) is 9.98 Å². The first-order valence-corrected chi connectivity index (χ1v) is 4.73. The van der Waals surface area contributed by atoms with Gasteiger partial charge in [-0.15, -0.1) is 0 Å². The van der Waals surface area contributed by atoms with Gasteiger partial charge in [0.15, 0.2) is 0 Å². The lowest BCUT2D eigenvalue weighted by molar-refractivity contribution is 0.306. The summed E-state index contributed by atoms with van der Waals surface area (Å²) in [5.41, 5.74) is 0.918. The van der Waals surface area contributed by atoms with Gasteiger partial charge in [-0.25, -0.2) is 9.98 Å². The van der Waals surface area contributed by atoms with Crippen molar-refractivity contribution in [1.29, 1.82) is 0 Å². The molecule has 1 atom stereocenters. The summed E-state index contributed by atoms with van der Waals surface area (Å²) in [6.07, 6.45) is 5.76. The quantitative estimate of drug-likeness (QED) is 0.614. The highest BCUT2D eigenvalue weighted by Crippen LogP contribution is 2.20. The number of fused-ring (bicyclic) bond motifs is 1. The molecule has 0 saturated heterocycles. The van der Waals surface area contributed by atoms with Crippen molar-refractivity contribution in [3.63, 3.8) is 0 Å². The lowest BCUT2D eigenvalue weighted by Gasteiger charge is -2.20. The molecule has 1 aliphatic carbocycles. The molecule has 0 aromatic heterocycles. The predicted octanol–water partition coefficient (Wildman–Crippen LogP) is 1.90. The molecule has 4 heteroatoms. The lowest BCUT2D eigenvalue weighted by Crippen LogP contribution is -2.25. The van der Waals surface area contributed by atoms with Crippen molar-refractivity contribution < 1.29 is 4.74 Å². The maximum absolute atomic E-state index is 5.17. The van der Waals surface area contributed by atoms with Crippen LogP contribution in [-0.4, -0.2) is 23.6 Å². The second kappa shape index (κ2) is 3.46. The second-order valence-corrected chi connectivity index (χ2v) is 3.54. The minimum atomic E-state index is 0.0487. The summed E-state index contributed by atoms with van der Waals surface area (Å²) in [6.45, 7) is 1.84. The van der Waals surface area contributed by atoms with Crippen LogP contribution in [-0.2, 0) is 4.74 Å². The minimum Gasteiger partial charge on any atom is -0.497 e. The van der Waals surface area contributed by atoms with Crippen LogP contribution in [0.25, 0.3) is 0 Å². The maximum Gasteiger partial charge on any atom is 0.126 e. The summed E-state index contributed by atoms with van der Waals surface area (Å²) < 4.78 is 5.12. The number of methoxy groups -OCH3 is 1. The van der Waals surface area contributed by atoms with E-state index in [9.17, 15) is 0 Å². The van der Waals surface area contributed by atoms with E-state index < -0.39 is 0 Å². The minimum absolute atomic E-state index is 0.0487. The number of hydrogen-bond donors (Lipinski definition) is 0. The van der Waals surface area contributed by atoms with Gasteiger partial charge in [-0.05, 0) is 13.0 Å². The van der Waals surface area contributed by atoms with Gasteiger partial charge in [0, 0.05) is 6.08 Å². The van der Waals surface area contributed by atoms with E-state index >= 15 is 0 Å². The van der Waals surface area contributed by atoms with E-state index in [4.69, 9.17) is 17.0 Å². The van der Waals surface area contributed by atoms with Gasteiger partial charge in [0.25, 0.3) is 0 Å². The highest BCUT2D eigenvalue weighted by Gasteiger charge is 2.23. The highest BCUT2D eigenvalue weighted by molar-refractivity contribution is 7.80. The van der Waals surface area contributed by atoms with Gasteiger partial charge in [-0.2, -0.15) is 0 Å². The van der Waals surface area contributed by atoms with E-state index in [0.717, 1.165) is 11.5 Å². The molecule has 72 valence electrons. The standard InChI is InChI=1S/C10H10N2OS/c1-6-11-9-5-7(13-2)3-4-8(9)10(14)12-6/h3-5,8H,1-2H3. The fourth-order valence-corrected chi connectivity index (χ4v) is 1.78. The van der Waals surface area contributed by atoms with Crippen molar-refractivity contribution in [3.05, 3.63) is 24.0 Å². The van der Waals surface area contributed by atoms with Gasteiger partial charge >= 0.3 is 0 Å². The summed E-state index contributed by atoms with van der Waals surface area (Å²) in [7, 11) is 1.64. The highest BCUT2D eigenvalue weighted by atomic mass is 32.1. The van der Waals surface area contributed by atoms with E-state index in [0.29, 0.717) is 10.8 Å². The zero-order valence-corrected chi connectivity index (χ0v) is 8.84. The molecule has 2 aliphatic rings. The van der Waals surface area contributed by atoms with Crippen LogP contribution >= 0.6 is 12.2 Å². The molecule has 0 aromatic carbocycles. The Hall–Kier alpha value is -1.29. The Bertz CT molecular complexity index is 404. The fourth-order valence-electron chi connectivity index (χ4n) is 1.45. The third-order valence-electron chi connectivity index (χ3n) is 2.13. The predicted molar refractivity (Wildman–Crippen MR) is 60.9 cm³/mol. The number of amidine groups is 1. The molecule has 1 unspecified atom stereocenters. The van der Waals surface area contributed by atoms with Crippen molar-refractivity contribution in [2.45, 2.75) is 6.92 Å². The topological polar surface area (TPSA) is 34.0 Å².